The highest BCUT2D eigenvalue weighted by atomic mass is 32.1. The molecule has 1 aromatic heterocycles. The van der Waals surface area contributed by atoms with Crippen LogP contribution in [0.25, 0.3) is 0 Å². The highest BCUT2D eigenvalue weighted by Crippen LogP contribution is 2.37. The second-order valence-corrected chi connectivity index (χ2v) is 5.92. The van der Waals surface area contributed by atoms with Gasteiger partial charge in [-0.3, -0.25) is 4.79 Å². The molecule has 0 fully saturated rings. The van der Waals surface area contributed by atoms with Gasteiger partial charge in [0.1, 0.15) is 13.7 Å². The SMILES string of the molecule is CNC(=O)C(=NOC)c1ccccc1COc1csc(C(F)(F)C(F)F)n1. The fraction of sp³-hybridized carbons (Fsp3) is 0.312. The first-order valence-electron chi connectivity index (χ1n) is 7.47. The van der Waals surface area contributed by atoms with Crippen molar-refractivity contribution >= 4 is 23.0 Å². The van der Waals surface area contributed by atoms with E-state index in [9.17, 15) is 22.4 Å². The van der Waals surface area contributed by atoms with E-state index in [2.05, 4.69) is 20.3 Å². The van der Waals surface area contributed by atoms with Crippen LogP contribution >= 0.6 is 11.3 Å². The lowest BCUT2D eigenvalue weighted by atomic mass is 10.0. The van der Waals surface area contributed by atoms with E-state index >= 15 is 0 Å². The van der Waals surface area contributed by atoms with Crippen molar-refractivity contribution in [1.82, 2.24) is 10.3 Å². The van der Waals surface area contributed by atoms with Gasteiger partial charge in [-0.05, 0) is 5.56 Å². The van der Waals surface area contributed by atoms with Crippen LogP contribution in [-0.2, 0) is 22.2 Å². The van der Waals surface area contributed by atoms with Crippen molar-refractivity contribution in [2.24, 2.45) is 5.16 Å². The average Bonchev–Trinajstić information content (AvgIpc) is 3.14. The molecule has 0 saturated heterocycles. The molecule has 27 heavy (non-hydrogen) atoms. The van der Waals surface area contributed by atoms with Crippen LogP contribution in [-0.4, -0.2) is 37.2 Å². The number of nitrogens with one attached hydrogen (secondary N) is 1. The maximum Gasteiger partial charge on any atom is 0.358 e. The van der Waals surface area contributed by atoms with E-state index in [0.29, 0.717) is 22.5 Å². The van der Waals surface area contributed by atoms with Crippen LogP contribution in [0.1, 0.15) is 16.1 Å². The second kappa shape index (κ2) is 8.80. The van der Waals surface area contributed by atoms with E-state index in [1.807, 2.05) is 0 Å². The Morgan fingerprint density at radius 1 is 1.37 bits per heavy atom. The molecule has 0 atom stereocenters. The van der Waals surface area contributed by atoms with E-state index in [1.165, 1.54) is 14.2 Å². The zero-order chi connectivity index (χ0) is 20.0. The molecule has 0 saturated carbocycles. The molecule has 0 unspecified atom stereocenters. The summed E-state index contributed by atoms with van der Waals surface area (Å²) in [4.78, 5) is 20.1. The highest BCUT2D eigenvalue weighted by molar-refractivity contribution is 7.10. The number of hydrogen-bond donors (Lipinski definition) is 1. The van der Waals surface area contributed by atoms with Crippen LogP contribution in [0, 0.1) is 0 Å². The number of carbonyl (C=O) groups excluding carboxylic acids is 1. The quantitative estimate of drug-likeness (QED) is 0.416. The standard InChI is InChI=1S/C16H15F4N3O3S/c1-21-13(24)12(23-25-2)10-6-4-3-5-9(10)7-26-11-8-27-15(22-11)16(19,20)14(17)18/h3-6,8,14H,7H2,1-2H3,(H,21,24). The van der Waals surface area contributed by atoms with Crippen molar-refractivity contribution in [2.75, 3.05) is 14.2 Å². The normalized spacial score (nSPS) is 12.2. The number of aromatic nitrogens is 1. The summed E-state index contributed by atoms with van der Waals surface area (Å²) in [5, 5.41) is 6.19. The van der Waals surface area contributed by atoms with Gasteiger partial charge in [-0.15, -0.1) is 11.3 Å². The summed E-state index contributed by atoms with van der Waals surface area (Å²) in [5.74, 6) is -5.08. The number of rotatable bonds is 8. The molecule has 2 aromatic rings. The van der Waals surface area contributed by atoms with Gasteiger partial charge in [0, 0.05) is 12.6 Å². The summed E-state index contributed by atoms with van der Waals surface area (Å²) in [5.41, 5.74) is 0.876. The van der Waals surface area contributed by atoms with Crippen molar-refractivity contribution in [3.8, 4) is 5.88 Å². The summed E-state index contributed by atoms with van der Waals surface area (Å²) in [6.45, 7) is -0.153. The van der Waals surface area contributed by atoms with Gasteiger partial charge < -0.3 is 14.9 Å². The molecule has 0 aliphatic carbocycles. The maximum atomic E-state index is 13.3. The molecule has 1 aromatic carbocycles. The monoisotopic (exact) mass is 405 g/mol. The van der Waals surface area contributed by atoms with Crippen LogP contribution in [0.3, 0.4) is 0 Å². The van der Waals surface area contributed by atoms with Gasteiger partial charge >= 0.3 is 12.3 Å². The maximum absolute atomic E-state index is 13.3. The first-order chi connectivity index (χ1) is 12.8. The lowest BCUT2D eigenvalue weighted by molar-refractivity contribution is -0.135. The van der Waals surface area contributed by atoms with E-state index in [0.717, 1.165) is 5.38 Å². The molecular formula is C16H15F4N3O3S. The van der Waals surface area contributed by atoms with Gasteiger partial charge in [0.05, 0.1) is 5.38 Å². The predicted octanol–water partition coefficient (Wildman–Crippen LogP) is 3.18. The Bertz CT molecular complexity index is 827. The third-order valence-corrected chi connectivity index (χ3v) is 4.22. The van der Waals surface area contributed by atoms with Gasteiger partial charge in [-0.1, -0.05) is 29.4 Å². The van der Waals surface area contributed by atoms with Crippen LogP contribution in [0.4, 0.5) is 17.6 Å². The third-order valence-electron chi connectivity index (χ3n) is 3.32. The van der Waals surface area contributed by atoms with Gasteiger partial charge in [0.25, 0.3) is 5.91 Å². The zero-order valence-electron chi connectivity index (χ0n) is 14.2. The fourth-order valence-corrected chi connectivity index (χ4v) is 2.75. The van der Waals surface area contributed by atoms with Crippen LogP contribution < -0.4 is 10.1 Å². The summed E-state index contributed by atoms with van der Waals surface area (Å²) in [6.07, 6.45) is -3.86. The Morgan fingerprint density at radius 3 is 2.70 bits per heavy atom. The second-order valence-electron chi connectivity index (χ2n) is 5.06. The molecule has 11 heteroatoms. The fourth-order valence-electron chi connectivity index (χ4n) is 2.02. The molecule has 0 aliphatic heterocycles. The Hall–Kier alpha value is -2.69. The van der Waals surface area contributed by atoms with Crippen molar-refractivity contribution < 1.29 is 31.9 Å². The Kier molecular flexibility index (Phi) is 6.72. The minimum Gasteiger partial charge on any atom is -0.472 e. The molecular weight excluding hydrogens is 390 g/mol. The topological polar surface area (TPSA) is 72.8 Å². The predicted molar refractivity (Wildman–Crippen MR) is 90.4 cm³/mol. The molecule has 1 amide bonds. The zero-order valence-corrected chi connectivity index (χ0v) is 15.0. The molecule has 6 nitrogen and oxygen atoms in total. The molecule has 146 valence electrons. The van der Waals surface area contributed by atoms with Gasteiger partial charge in [0.15, 0.2) is 10.7 Å². The van der Waals surface area contributed by atoms with Gasteiger partial charge in [-0.2, -0.15) is 8.78 Å². The van der Waals surface area contributed by atoms with Crippen molar-refractivity contribution in [1.29, 1.82) is 0 Å². The minimum atomic E-state index is -4.35. The Labute approximate surface area is 155 Å². The van der Waals surface area contributed by atoms with Crippen molar-refractivity contribution in [3.63, 3.8) is 0 Å². The summed E-state index contributed by atoms with van der Waals surface area (Å²) >= 11 is 0.373. The number of alkyl halides is 4. The van der Waals surface area contributed by atoms with Gasteiger partial charge in [-0.25, -0.2) is 13.8 Å². The van der Waals surface area contributed by atoms with E-state index in [4.69, 9.17) is 4.74 Å². The van der Waals surface area contributed by atoms with E-state index in [1.54, 1.807) is 24.3 Å². The number of benzene rings is 1. The number of oxime groups is 1. The molecule has 1 N–H and O–H groups in total. The van der Waals surface area contributed by atoms with E-state index < -0.39 is 23.3 Å². The molecule has 0 aliphatic rings. The van der Waals surface area contributed by atoms with Crippen molar-refractivity contribution in [2.45, 2.75) is 19.0 Å². The lowest BCUT2D eigenvalue weighted by Gasteiger charge is -2.12. The number of likely N-dealkylation sites (N-methyl/N-ethyl adjacent to an activating group) is 1. The molecule has 0 radical (unpaired) electrons. The first kappa shape index (κ1) is 20.6. The first-order valence-corrected chi connectivity index (χ1v) is 8.35. The largest absolute Gasteiger partial charge is 0.472 e. The summed E-state index contributed by atoms with van der Waals surface area (Å²) in [6, 6.07) is 6.57. The number of hydrogen-bond acceptors (Lipinski definition) is 6. The lowest BCUT2D eigenvalue weighted by Crippen LogP contribution is -2.29. The van der Waals surface area contributed by atoms with Crippen LogP contribution in [0.5, 0.6) is 5.88 Å². The number of amides is 1. The number of halogens is 4. The molecule has 0 spiro atoms. The number of carbonyl (C=O) groups is 1. The number of thiazole rings is 1. The van der Waals surface area contributed by atoms with E-state index in [-0.39, 0.29) is 18.2 Å². The van der Waals surface area contributed by atoms with Crippen LogP contribution in [0.15, 0.2) is 34.8 Å². The van der Waals surface area contributed by atoms with Crippen LogP contribution in [0.2, 0.25) is 0 Å². The molecule has 1 heterocycles. The van der Waals surface area contributed by atoms with Crippen molar-refractivity contribution in [3.05, 3.63) is 45.8 Å². The highest BCUT2D eigenvalue weighted by Gasteiger charge is 2.45. The number of nitrogens with zero attached hydrogens (tertiary/aromatic N) is 2. The minimum absolute atomic E-state index is 0.0117. The Balaban J connectivity index is 2.22. The number of ether oxygens (including phenoxy) is 1. The smallest absolute Gasteiger partial charge is 0.358 e. The third kappa shape index (κ3) is 4.73. The average molecular weight is 405 g/mol. The summed E-state index contributed by atoms with van der Waals surface area (Å²) < 4.78 is 56.7. The van der Waals surface area contributed by atoms with Gasteiger partial charge in [0.2, 0.25) is 5.88 Å². The molecule has 2 rings (SSSR count). The Morgan fingerprint density at radius 2 is 2.07 bits per heavy atom. The summed E-state index contributed by atoms with van der Waals surface area (Å²) in [7, 11) is 2.70. The molecule has 0 bridgehead atoms.